The van der Waals surface area contributed by atoms with Gasteiger partial charge in [-0.2, -0.15) is 0 Å². The summed E-state index contributed by atoms with van der Waals surface area (Å²) < 4.78 is 12.9. The number of aliphatic hydroxyl groups excluding tert-OH is 1. The van der Waals surface area contributed by atoms with Crippen LogP contribution in [-0.4, -0.2) is 100 Å². The molecule has 0 aliphatic carbocycles. The maximum Gasteiger partial charge on any atom is 0.313 e. The van der Waals surface area contributed by atoms with Crippen LogP contribution in [0.15, 0.2) is 55.6 Å². The average Bonchev–Trinajstić information content (AvgIpc) is 3.69. The van der Waals surface area contributed by atoms with Gasteiger partial charge >= 0.3 is 5.97 Å². The van der Waals surface area contributed by atoms with Crippen LogP contribution in [-0.2, 0) is 28.7 Å². The minimum Gasteiger partial charge on any atom is -0.455 e. The van der Waals surface area contributed by atoms with Gasteiger partial charge in [-0.3, -0.25) is 19.2 Å². The number of hydrogen-bond donors (Lipinski definition) is 1. The van der Waals surface area contributed by atoms with E-state index < -0.39 is 47.7 Å². The molecule has 0 radical (unpaired) electrons. The third kappa shape index (κ3) is 6.79. The number of rotatable bonds is 17. The first-order chi connectivity index (χ1) is 22.0. The Morgan fingerprint density at radius 1 is 1.13 bits per heavy atom. The molecule has 1 aromatic carbocycles. The normalized spacial score (nSPS) is 26.0. The number of hydrogen-bond acceptors (Lipinski definition) is 7. The number of amides is 3. The summed E-state index contributed by atoms with van der Waals surface area (Å²) in [6.07, 6.45) is 5.78. The van der Waals surface area contributed by atoms with Crippen molar-refractivity contribution in [2.24, 2.45) is 11.8 Å². The largest absolute Gasteiger partial charge is 0.455 e. The zero-order valence-electron chi connectivity index (χ0n) is 27.8. The van der Waals surface area contributed by atoms with Crippen molar-refractivity contribution in [3.05, 3.63) is 61.2 Å². The number of nitrogens with zero attached hydrogens (tertiary/aromatic N) is 3. The molecule has 0 unspecified atom stereocenters. The molecule has 7 atom stereocenters. The number of fused-ring (bicyclic) bond motifs is 1. The van der Waals surface area contributed by atoms with E-state index in [1.807, 2.05) is 51.1 Å². The SMILES string of the molecule is C=CCCC(=O)N(C)[C@H](C)[C@H](OC(=O)[C@@H]1[C@@H]2CC[C@]3(O2)[C@H](C(=O)N(CC=C)C(C)C)N(CCCCCO)C(=O)[C@@H]13)c1ccccc1. The molecule has 3 saturated heterocycles. The average molecular weight is 638 g/mol. The van der Waals surface area contributed by atoms with Crippen LogP contribution in [0.4, 0.5) is 0 Å². The molecule has 3 amide bonds. The third-order valence-corrected chi connectivity index (χ3v) is 9.97. The van der Waals surface area contributed by atoms with E-state index in [1.54, 1.807) is 33.9 Å². The summed E-state index contributed by atoms with van der Waals surface area (Å²) in [5.74, 6) is -2.87. The molecule has 0 saturated carbocycles. The van der Waals surface area contributed by atoms with Gasteiger partial charge in [0.2, 0.25) is 17.7 Å². The Bertz CT molecular complexity index is 1270. The van der Waals surface area contributed by atoms with Gasteiger partial charge in [0, 0.05) is 39.2 Å². The fraction of sp³-hybridized carbons (Fsp3) is 0.611. The highest BCUT2D eigenvalue weighted by molar-refractivity contribution is 5.98. The van der Waals surface area contributed by atoms with Crippen LogP contribution < -0.4 is 0 Å². The van der Waals surface area contributed by atoms with E-state index >= 15 is 0 Å². The fourth-order valence-electron chi connectivity index (χ4n) is 7.49. The lowest BCUT2D eigenvalue weighted by molar-refractivity contribution is -0.164. The standard InChI is InChI=1S/C36H51N3O7/c1-7-9-18-28(41)37(6)25(5)31(26-16-12-10-13-17-26)45-35(44)29-27-19-20-36(46-27)30(29)33(42)39(22-14-11-15-23-40)32(36)34(43)38(21-8-2)24(3)4/h7-8,10,12-13,16-17,24-25,27,29-32,40H,1-2,9,11,14-15,18-23H2,3-6H3/t25-,27+,29-,30-,31+,32+,36-/m1/s1. The Hall–Kier alpha value is -3.50. The number of likely N-dealkylation sites (tertiary alicyclic amines) is 1. The maximum atomic E-state index is 14.3. The van der Waals surface area contributed by atoms with E-state index in [9.17, 15) is 24.3 Å². The summed E-state index contributed by atoms with van der Waals surface area (Å²) in [5.41, 5.74) is -0.405. The molecular formula is C36H51N3O7. The first kappa shape index (κ1) is 35.4. The minimum atomic E-state index is -1.14. The van der Waals surface area contributed by atoms with E-state index in [2.05, 4.69) is 13.2 Å². The van der Waals surface area contributed by atoms with Crippen molar-refractivity contribution >= 4 is 23.7 Å². The van der Waals surface area contributed by atoms with Gasteiger partial charge in [-0.15, -0.1) is 13.2 Å². The second-order valence-corrected chi connectivity index (χ2v) is 13.1. The second-order valence-electron chi connectivity index (χ2n) is 13.1. The van der Waals surface area contributed by atoms with Gasteiger partial charge in [0.1, 0.15) is 17.7 Å². The van der Waals surface area contributed by atoms with E-state index in [4.69, 9.17) is 9.47 Å². The molecule has 252 valence electrons. The molecule has 1 spiro atoms. The molecule has 4 rings (SSSR count). The lowest BCUT2D eigenvalue weighted by Crippen LogP contribution is -2.57. The van der Waals surface area contributed by atoms with E-state index in [-0.39, 0.29) is 30.4 Å². The van der Waals surface area contributed by atoms with Gasteiger partial charge in [-0.25, -0.2) is 0 Å². The van der Waals surface area contributed by atoms with Gasteiger partial charge in [0.15, 0.2) is 0 Å². The highest BCUT2D eigenvalue weighted by atomic mass is 16.6. The molecule has 46 heavy (non-hydrogen) atoms. The minimum absolute atomic E-state index is 0.0537. The summed E-state index contributed by atoms with van der Waals surface area (Å²) in [4.78, 5) is 60.8. The van der Waals surface area contributed by atoms with Crippen LogP contribution in [0.2, 0.25) is 0 Å². The van der Waals surface area contributed by atoms with E-state index in [0.717, 1.165) is 5.56 Å². The number of ether oxygens (including phenoxy) is 2. The molecule has 1 N–H and O–H groups in total. The zero-order chi connectivity index (χ0) is 33.6. The smallest absolute Gasteiger partial charge is 0.313 e. The monoisotopic (exact) mass is 637 g/mol. The Morgan fingerprint density at radius 2 is 1.85 bits per heavy atom. The van der Waals surface area contributed by atoms with Crippen molar-refractivity contribution in [3.63, 3.8) is 0 Å². The maximum absolute atomic E-state index is 14.3. The number of aliphatic hydroxyl groups is 1. The summed E-state index contributed by atoms with van der Waals surface area (Å²) in [6.45, 7) is 13.9. The number of allylic oxidation sites excluding steroid dienone is 1. The Kier molecular flexibility index (Phi) is 11.8. The van der Waals surface area contributed by atoms with Crippen LogP contribution >= 0.6 is 0 Å². The predicted octanol–water partition coefficient (Wildman–Crippen LogP) is 4.04. The quantitative estimate of drug-likeness (QED) is 0.156. The van der Waals surface area contributed by atoms with E-state index in [1.165, 1.54) is 0 Å². The van der Waals surface area contributed by atoms with Crippen molar-refractivity contribution < 1.29 is 33.8 Å². The molecule has 10 nitrogen and oxygen atoms in total. The summed E-state index contributed by atoms with van der Waals surface area (Å²) in [5, 5.41) is 9.30. The van der Waals surface area contributed by atoms with Crippen LogP contribution in [0.5, 0.6) is 0 Å². The lowest BCUT2D eigenvalue weighted by Gasteiger charge is -2.38. The summed E-state index contributed by atoms with van der Waals surface area (Å²) in [6, 6.07) is 7.80. The van der Waals surface area contributed by atoms with Crippen LogP contribution in [0, 0.1) is 11.8 Å². The molecule has 2 bridgehead atoms. The number of benzene rings is 1. The van der Waals surface area contributed by atoms with Crippen molar-refractivity contribution in [1.29, 1.82) is 0 Å². The number of carbonyl (C=O) groups excluding carboxylic acids is 4. The highest BCUT2D eigenvalue weighted by Crippen LogP contribution is 2.59. The first-order valence-corrected chi connectivity index (χ1v) is 16.7. The number of carbonyl (C=O) groups is 4. The van der Waals surface area contributed by atoms with Gasteiger partial charge in [0.25, 0.3) is 0 Å². The number of unbranched alkanes of at least 4 members (excludes halogenated alkanes) is 2. The van der Waals surface area contributed by atoms with E-state index in [0.29, 0.717) is 58.0 Å². The molecule has 3 fully saturated rings. The van der Waals surface area contributed by atoms with Crippen LogP contribution in [0.25, 0.3) is 0 Å². The molecule has 0 aromatic heterocycles. The lowest BCUT2D eigenvalue weighted by atomic mass is 9.70. The van der Waals surface area contributed by atoms with Gasteiger partial charge in [-0.05, 0) is 64.9 Å². The molecule has 3 aliphatic heterocycles. The van der Waals surface area contributed by atoms with Crippen LogP contribution in [0.1, 0.15) is 77.4 Å². The van der Waals surface area contributed by atoms with Gasteiger partial charge in [0.05, 0.1) is 24.0 Å². The Morgan fingerprint density at radius 3 is 2.48 bits per heavy atom. The van der Waals surface area contributed by atoms with Crippen molar-refractivity contribution in [2.45, 2.75) is 102 Å². The van der Waals surface area contributed by atoms with Crippen molar-refractivity contribution in [3.8, 4) is 0 Å². The Labute approximate surface area is 273 Å². The number of esters is 1. The van der Waals surface area contributed by atoms with Gasteiger partial charge < -0.3 is 29.3 Å². The molecule has 10 heteroatoms. The first-order valence-electron chi connectivity index (χ1n) is 16.7. The Balaban J connectivity index is 1.66. The van der Waals surface area contributed by atoms with Crippen molar-refractivity contribution in [2.75, 3.05) is 26.7 Å². The molecular weight excluding hydrogens is 586 g/mol. The van der Waals surface area contributed by atoms with Crippen LogP contribution in [0.3, 0.4) is 0 Å². The topological polar surface area (TPSA) is 117 Å². The summed E-state index contributed by atoms with van der Waals surface area (Å²) in [7, 11) is 1.70. The molecule has 1 aromatic rings. The highest BCUT2D eigenvalue weighted by Gasteiger charge is 2.75. The number of likely N-dealkylation sites (N-methyl/N-ethyl adjacent to an activating group) is 1. The third-order valence-electron chi connectivity index (χ3n) is 9.97. The molecule has 3 heterocycles. The summed E-state index contributed by atoms with van der Waals surface area (Å²) >= 11 is 0. The van der Waals surface area contributed by atoms with Crippen molar-refractivity contribution in [1.82, 2.24) is 14.7 Å². The predicted molar refractivity (Wildman–Crippen MR) is 174 cm³/mol. The van der Waals surface area contributed by atoms with Gasteiger partial charge in [-0.1, -0.05) is 42.5 Å². The fourth-order valence-corrected chi connectivity index (χ4v) is 7.49. The molecule has 3 aliphatic rings. The zero-order valence-corrected chi connectivity index (χ0v) is 27.8. The second kappa shape index (κ2) is 15.4.